The van der Waals surface area contributed by atoms with E-state index >= 15 is 0 Å². The van der Waals surface area contributed by atoms with Crippen molar-refractivity contribution in [2.75, 3.05) is 6.61 Å². The van der Waals surface area contributed by atoms with Crippen molar-refractivity contribution >= 4 is 16.9 Å². The largest absolute Gasteiger partial charge is 0.493 e. The van der Waals surface area contributed by atoms with Crippen LogP contribution in [-0.4, -0.2) is 27.7 Å². The summed E-state index contributed by atoms with van der Waals surface area (Å²) in [5.74, 6) is 0.879. The Morgan fingerprint density at radius 2 is 2.13 bits per heavy atom. The van der Waals surface area contributed by atoms with E-state index in [9.17, 15) is 4.79 Å². The SMILES string of the molecule is CCCOc1ccccc1-c1nc2ccc(C(=O)NO)cc2[nH]1. The van der Waals surface area contributed by atoms with Gasteiger partial charge in [0.2, 0.25) is 0 Å². The summed E-state index contributed by atoms with van der Waals surface area (Å²) in [7, 11) is 0. The van der Waals surface area contributed by atoms with Gasteiger partial charge in [0.05, 0.1) is 23.2 Å². The van der Waals surface area contributed by atoms with Crippen LogP contribution in [0.4, 0.5) is 0 Å². The number of nitrogens with zero attached hydrogens (tertiary/aromatic N) is 1. The zero-order valence-electron chi connectivity index (χ0n) is 12.7. The lowest BCUT2D eigenvalue weighted by Gasteiger charge is -2.08. The number of para-hydroxylation sites is 1. The van der Waals surface area contributed by atoms with Crippen LogP contribution in [0.1, 0.15) is 23.7 Å². The molecule has 0 aliphatic heterocycles. The lowest BCUT2D eigenvalue weighted by Crippen LogP contribution is -2.18. The summed E-state index contributed by atoms with van der Waals surface area (Å²) in [4.78, 5) is 19.2. The highest BCUT2D eigenvalue weighted by atomic mass is 16.5. The molecular formula is C17H17N3O3. The van der Waals surface area contributed by atoms with Gasteiger partial charge in [0.15, 0.2) is 0 Å². The van der Waals surface area contributed by atoms with E-state index in [0.717, 1.165) is 23.3 Å². The molecule has 6 nitrogen and oxygen atoms in total. The summed E-state index contributed by atoms with van der Waals surface area (Å²) in [5.41, 5.74) is 4.29. The zero-order chi connectivity index (χ0) is 16.2. The third-order valence-electron chi connectivity index (χ3n) is 3.45. The van der Waals surface area contributed by atoms with Gasteiger partial charge >= 0.3 is 0 Å². The lowest BCUT2D eigenvalue weighted by molar-refractivity contribution is 0.0706. The zero-order valence-corrected chi connectivity index (χ0v) is 12.7. The predicted molar refractivity (Wildman–Crippen MR) is 86.6 cm³/mol. The maximum absolute atomic E-state index is 11.5. The number of nitrogens with one attached hydrogen (secondary N) is 2. The number of aromatic nitrogens is 2. The quantitative estimate of drug-likeness (QED) is 0.499. The minimum Gasteiger partial charge on any atom is -0.493 e. The third-order valence-corrected chi connectivity index (χ3v) is 3.45. The van der Waals surface area contributed by atoms with Gasteiger partial charge in [-0.1, -0.05) is 19.1 Å². The van der Waals surface area contributed by atoms with E-state index in [1.165, 1.54) is 0 Å². The molecule has 0 radical (unpaired) electrons. The van der Waals surface area contributed by atoms with E-state index in [0.29, 0.717) is 23.5 Å². The van der Waals surface area contributed by atoms with Crippen molar-refractivity contribution in [1.29, 1.82) is 0 Å². The minimum absolute atomic E-state index is 0.353. The number of hydroxylamine groups is 1. The van der Waals surface area contributed by atoms with Crippen molar-refractivity contribution in [3.05, 3.63) is 48.0 Å². The monoisotopic (exact) mass is 311 g/mol. The molecule has 0 aliphatic carbocycles. The number of H-pyrrole nitrogens is 1. The van der Waals surface area contributed by atoms with Crippen molar-refractivity contribution in [3.63, 3.8) is 0 Å². The Kier molecular flexibility index (Phi) is 4.25. The van der Waals surface area contributed by atoms with Crippen molar-refractivity contribution in [2.24, 2.45) is 0 Å². The Morgan fingerprint density at radius 3 is 2.91 bits per heavy atom. The highest BCUT2D eigenvalue weighted by Crippen LogP contribution is 2.29. The van der Waals surface area contributed by atoms with E-state index in [1.807, 2.05) is 24.3 Å². The number of benzene rings is 2. The van der Waals surface area contributed by atoms with Crippen LogP contribution < -0.4 is 10.2 Å². The molecule has 0 fully saturated rings. The van der Waals surface area contributed by atoms with E-state index in [-0.39, 0.29) is 0 Å². The van der Waals surface area contributed by atoms with Crippen LogP contribution in [-0.2, 0) is 0 Å². The first-order valence-electron chi connectivity index (χ1n) is 7.39. The summed E-state index contributed by atoms with van der Waals surface area (Å²) in [6.07, 6.45) is 0.925. The molecule has 3 rings (SSSR count). The van der Waals surface area contributed by atoms with Gasteiger partial charge in [-0.3, -0.25) is 10.0 Å². The molecule has 1 heterocycles. The smallest absolute Gasteiger partial charge is 0.274 e. The first-order chi connectivity index (χ1) is 11.2. The van der Waals surface area contributed by atoms with Crippen LogP contribution >= 0.6 is 0 Å². The molecule has 1 amide bonds. The van der Waals surface area contributed by atoms with Crippen LogP contribution in [0.2, 0.25) is 0 Å². The van der Waals surface area contributed by atoms with Gasteiger partial charge in [-0.2, -0.15) is 0 Å². The lowest BCUT2D eigenvalue weighted by atomic mass is 10.2. The average Bonchev–Trinajstić information content (AvgIpc) is 3.02. The molecule has 0 atom stereocenters. The van der Waals surface area contributed by atoms with Gasteiger partial charge in [-0.15, -0.1) is 0 Å². The number of amides is 1. The second kappa shape index (κ2) is 6.50. The van der Waals surface area contributed by atoms with E-state index < -0.39 is 5.91 Å². The summed E-state index contributed by atoms with van der Waals surface area (Å²) >= 11 is 0. The maximum atomic E-state index is 11.5. The van der Waals surface area contributed by atoms with Crippen LogP contribution in [0.15, 0.2) is 42.5 Å². The molecular weight excluding hydrogens is 294 g/mol. The molecule has 0 saturated carbocycles. The van der Waals surface area contributed by atoms with E-state index in [1.54, 1.807) is 23.7 Å². The Balaban J connectivity index is 2.02. The number of ether oxygens (including phenoxy) is 1. The van der Waals surface area contributed by atoms with Gasteiger partial charge in [0, 0.05) is 5.56 Å². The molecule has 0 bridgehead atoms. The van der Waals surface area contributed by atoms with Gasteiger partial charge in [-0.25, -0.2) is 10.5 Å². The fourth-order valence-corrected chi connectivity index (χ4v) is 2.34. The maximum Gasteiger partial charge on any atom is 0.274 e. The van der Waals surface area contributed by atoms with Crippen molar-refractivity contribution in [3.8, 4) is 17.1 Å². The van der Waals surface area contributed by atoms with Gasteiger partial charge < -0.3 is 9.72 Å². The molecule has 6 heteroatoms. The molecule has 1 aromatic heterocycles. The number of imidazole rings is 1. The summed E-state index contributed by atoms with van der Waals surface area (Å²) in [6.45, 7) is 2.69. The number of hydrogen-bond donors (Lipinski definition) is 3. The Bertz CT molecular complexity index is 842. The second-order valence-electron chi connectivity index (χ2n) is 5.10. The Hall–Kier alpha value is -2.86. The van der Waals surface area contributed by atoms with Gasteiger partial charge in [0.25, 0.3) is 5.91 Å². The fraction of sp³-hybridized carbons (Fsp3) is 0.176. The molecule has 0 unspecified atom stereocenters. The average molecular weight is 311 g/mol. The van der Waals surface area contributed by atoms with E-state index in [4.69, 9.17) is 9.94 Å². The Morgan fingerprint density at radius 1 is 1.30 bits per heavy atom. The predicted octanol–water partition coefficient (Wildman–Crippen LogP) is 3.14. The first-order valence-corrected chi connectivity index (χ1v) is 7.39. The molecule has 0 aliphatic rings. The number of hydrogen-bond acceptors (Lipinski definition) is 4. The normalized spacial score (nSPS) is 10.7. The number of carbonyl (C=O) groups excluding carboxylic acids is 1. The van der Waals surface area contributed by atoms with Crippen molar-refractivity contribution in [2.45, 2.75) is 13.3 Å². The minimum atomic E-state index is -0.560. The number of carbonyl (C=O) groups is 1. The number of rotatable bonds is 5. The highest BCUT2D eigenvalue weighted by Gasteiger charge is 2.12. The fourth-order valence-electron chi connectivity index (χ4n) is 2.34. The van der Waals surface area contributed by atoms with Crippen LogP contribution in [0.3, 0.4) is 0 Å². The van der Waals surface area contributed by atoms with Crippen molar-refractivity contribution < 1.29 is 14.7 Å². The molecule has 3 N–H and O–H groups in total. The summed E-state index contributed by atoms with van der Waals surface area (Å²) < 4.78 is 5.76. The molecule has 3 aromatic rings. The Labute approximate surface area is 133 Å². The third kappa shape index (κ3) is 3.02. The van der Waals surface area contributed by atoms with Gasteiger partial charge in [-0.05, 0) is 36.8 Å². The molecule has 118 valence electrons. The van der Waals surface area contributed by atoms with E-state index in [2.05, 4.69) is 16.9 Å². The number of fused-ring (bicyclic) bond motifs is 1. The van der Waals surface area contributed by atoms with Crippen molar-refractivity contribution in [1.82, 2.24) is 15.4 Å². The first kappa shape index (κ1) is 15.1. The molecule has 0 saturated heterocycles. The standard InChI is InChI=1S/C17H17N3O3/c1-2-9-23-15-6-4-3-5-12(15)16-18-13-8-7-11(17(21)20-22)10-14(13)19-16/h3-8,10,22H,2,9H2,1H3,(H,18,19)(H,20,21). The highest BCUT2D eigenvalue weighted by molar-refractivity contribution is 5.97. The summed E-state index contributed by atoms with van der Waals surface area (Å²) in [5, 5.41) is 8.72. The topological polar surface area (TPSA) is 87.2 Å². The molecule has 23 heavy (non-hydrogen) atoms. The van der Waals surface area contributed by atoms with Crippen LogP contribution in [0, 0.1) is 0 Å². The second-order valence-corrected chi connectivity index (χ2v) is 5.10. The summed E-state index contributed by atoms with van der Waals surface area (Å²) in [6, 6.07) is 12.7. The molecule has 0 spiro atoms. The molecule has 2 aromatic carbocycles. The number of aromatic amines is 1. The van der Waals surface area contributed by atoms with Gasteiger partial charge in [0.1, 0.15) is 11.6 Å². The van der Waals surface area contributed by atoms with Crippen LogP contribution in [0.5, 0.6) is 5.75 Å². The van der Waals surface area contributed by atoms with Crippen LogP contribution in [0.25, 0.3) is 22.4 Å².